The number of hydrogen-bond donors (Lipinski definition) is 2. The monoisotopic (exact) mass is 201 g/mol. The summed E-state index contributed by atoms with van der Waals surface area (Å²) in [7, 11) is 0. The van der Waals surface area contributed by atoms with Crippen LogP contribution in [0.3, 0.4) is 0 Å². The van der Waals surface area contributed by atoms with E-state index in [4.69, 9.17) is 4.74 Å². The highest BCUT2D eigenvalue weighted by atomic mass is 16.6. The van der Waals surface area contributed by atoms with E-state index in [1.54, 1.807) is 6.92 Å². The van der Waals surface area contributed by atoms with Gasteiger partial charge in [-0.25, -0.2) is 0 Å². The van der Waals surface area contributed by atoms with E-state index in [-0.39, 0.29) is 5.97 Å². The highest BCUT2D eigenvalue weighted by molar-refractivity contribution is 5.81. The number of nitrogens with one attached hydrogen (secondary N) is 1. The van der Waals surface area contributed by atoms with E-state index in [9.17, 15) is 9.90 Å². The molecule has 0 bridgehead atoms. The van der Waals surface area contributed by atoms with Crippen molar-refractivity contribution in [3.8, 4) is 0 Å². The van der Waals surface area contributed by atoms with Crippen LogP contribution < -0.4 is 5.32 Å². The van der Waals surface area contributed by atoms with Gasteiger partial charge in [-0.1, -0.05) is 0 Å². The van der Waals surface area contributed by atoms with Crippen molar-refractivity contribution in [2.24, 2.45) is 0 Å². The summed E-state index contributed by atoms with van der Waals surface area (Å²) >= 11 is 0. The SMILES string of the molecule is CC(C)(C)OC(=O)C1(C)CC(O)CN1. The van der Waals surface area contributed by atoms with Gasteiger partial charge in [0.05, 0.1) is 6.10 Å². The number of rotatable bonds is 1. The van der Waals surface area contributed by atoms with Crippen molar-refractivity contribution >= 4 is 5.97 Å². The van der Waals surface area contributed by atoms with Crippen LogP contribution in [0.5, 0.6) is 0 Å². The zero-order valence-electron chi connectivity index (χ0n) is 9.26. The van der Waals surface area contributed by atoms with Crippen molar-refractivity contribution in [1.29, 1.82) is 0 Å². The summed E-state index contributed by atoms with van der Waals surface area (Å²) in [5.74, 6) is -0.290. The third-order valence-electron chi connectivity index (χ3n) is 2.22. The van der Waals surface area contributed by atoms with Crippen molar-refractivity contribution in [3.63, 3.8) is 0 Å². The number of esters is 1. The average molecular weight is 201 g/mol. The number of aliphatic hydroxyl groups excluding tert-OH is 1. The predicted octanol–water partition coefficient (Wildman–Crippen LogP) is 0.441. The summed E-state index contributed by atoms with van der Waals surface area (Å²) in [5.41, 5.74) is -1.21. The van der Waals surface area contributed by atoms with Gasteiger partial charge in [0.2, 0.25) is 0 Å². The molecule has 2 atom stereocenters. The van der Waals surface area contributed by atoms with Crippen molar-refractivity contribution in [3.05, 3.63) is 0 Å². The maximum Gasteiger partial charge on any atom is 0.326 e. The van der Waals surface area contributed by atoms with Gasteiger partial charge < -0.3 is 9.84 Å². The maximum atomic E-state index is 11.7. The molecule has 0 aromatic heterocycles. The molecule has 14 heavy (non-hydrogen) atoms. The zero-order chi connectivity index (χ0) is 11.0. The Morgan fingerprint density at radius 3 is 2.50 bits per heavy atom. The summed E-state index contributed by atoms with van der Waals surface area (Å²) in [5, 5.41) is 12.3. The molecule has 1 saturated heterocycles. The van der Waals surface area contributed by atoms with Gasteiger partial charge in [-0.3, -0.25) is 10.1 Å². The summed E-state index contributed by atoms with van der Waals surface area (Å²) in [4.78, 5) is 11.7. The van der Waals surface area contributed by atoms with Crippen LogP contribution in [-0.2, 0) is 9.53 Å². The third kappa shape index (κ3) is 2.69. The van der Waals surface area contributed by atoms with E-state index in [0.29, 0.717) is 13.0 Å². The van der Waals surface area contributed by atoms with E-state index in [1.165, 1.54) is 0 Å². The van der Waals surface area contributed by atoms with Crippen LogP contribution in [0.2, 0.25) is 0 Å². The number of carbonyl (C=O) groups is 1. The minimum atomic E-state index is -0.729. The van der Waals surface area contributed by atoms with Gasteiger partial charge in [-0.2, -0.15) is 0 Å². The fraction of sp³-hybridized carbons (Fsp3) is 0.900. The Hall–Kier alpha value is -0.610. The smallest absolute Gasteiger partial charge is 0.326 e. The van der Waals surface area contributed by atoms with E-state index < -0.39 is 17.2 Å². The largest absolute Gasteiger partial charge is 0.459 e. The van der Waals surface area contributed by atoms with Crippen LogP contribution in [0, 0.1) is 0 Å². The second kappa shape index (κ2) is 3.51. The summed E-state index contributed by atoms with van der Waals surface area (Å²) < 4.78 is 5.26. The Morgan fingerprint density at radius 2 is 2.14 bits per heavy atom. The normalized spacial score (nSPS) is 33.1. The standard InChI is InChI=1S/C10H19NO3/c1-9(2,3)14-8(13)10(4)5-7(12)6-11-10/h7,11-12H,5-6H2,1-4H3. The summed E-state index contributed by atoms with van der Waals surface area (Å²) in [6.07, 6.45) is -0.0328. The Bertz CT molecular complexity index is 234. The molecule has 0 aliphatic carbocycles. The lowest BCUT2D eigenvalue weighted by Crippen LogP contribution is -2.48. The van der Waals surface area contributed by atoms with Gasteiger partial charge in [0.25, 0.3) is 0 Å². The molecule has 1 aliphatic rings. The van der Waals surface area contributed by atoms with Crippen molar-refractivity contribution in [2.75, 3.05) is 6.54 Å². The maximum absolute atomic E-state index is 11.7. The lowest BCUT2D eigenvalue weighted by molar-refractivity contribution is -0.162. The molecule has 4 heteroatoms. The zero-order valence-corrected chi connectivity index (χ0v) is 9.26. The minimum Gasteiger partial charge on any atom is -0.459 e. The van der Waals surface area contributed by atoms with Gasteiger partial charge in [-0.15, -0.1) is 0 Å². The molecule has 0 aromatic rings. The van der Waals surface area contributed by atoms with Crippen LogP contribution in [0.4, 0.5) is 0 Å². The molecule has 0 saturated carbocycles. The van der Waals surface area contributed by atoms with E-state index >= 15 is 0 Å². The predicted molar refractivity (Wildman–Crippen MR) is 52.9 cm³/mol. The molecule has 4 nitrogen and oxygen atoms in total. The van der Waals surface area contributed by atoms with Gasteiger partial charge >= 0.3 is 5.97 Å². The number of hydrogen-bond acceptors (Lipinski definition) is 4. The number of ether oxygens (including phenoxy) is 1. The number of β-amino-alcohol motifs (C(OH)–C–C–N with tert-alkyl or cyclic N) is 1. The Balaban J connectivity index is 2.61. The van der Waals surface area contributed by atoms with E-state index in [0.717, 1.165) is 0 Å². The molecule has 1 heterocycles. The van der Waals surface area contributed by atoms with Crippen LogP contribution >= 0.6 is 0 Å². The van der Waals surface area contributed by atoms with Gasteiger partial charge in [0, 0.05) is 13.0 Å². The molecule has 82 valence electrons. The molecular formula is C10H19NO3. The minimum absolute atomic E-state index is 0.290. The van der Waals surface area contributed by atoms with Gasteiger partial charge in [0.1, 0.15) is 11.1 Å². The topological polar surface area (TPSA) is 58.6 Å². The van der Waals surface area contributed by atoms with Crippen LogP contribution in [0.1, 0.15) is 34.1 Å². The lowest BCUT2D eigenvalue weighted by atomic mass is 9.99. The summed E-state index contributed by atoms with van der Waals surface area (Å²) in [6, 6.07) is 0. The first-order valence-electron chi connectivity index (χ1n) is 4.89. The van der Waals surface area contributed by atoms with Crippen molar-refractivity contribution < 1.29 is 14.6 Å². The van der Waals surface area contributed by atoms with Gasteiger partial charge in [0.15, 0.2) is 0 Å². The highest BCUT2D eigenvalue weighted by Gasteiger charge is 2.42. The average Bonchev–Trinajstić information content (AvgIpc) is 2.29. The quantitative estimate of drug-likeness (QED) is 0.604. The van der Waals surface area contributed by atoms with Crippen LogP contribution in [-0.4, -0.2) is 34.9 Å². The molecule has 0 aromatic carbocycles. The van der Waals surface area contributed by atoms with Gasteiger partial charge in [-0.05, 0) is 27.7 Å². The van der Waals surface area contributed by atoms with Crippen LogP contribution in [0.15, 0.2) is 0 Å². The van der Waals surface area contributed by atoms with E-state index in [2.05, 4.69) is 5.32 Å². The summed E-state index contributed by atoms with van der Waals surface area (Å²) in [6.45, 7) is 7.71. The Kier molecular flexibility index (Phi) is 2.88. The molecule has 2 N–H and O–H groups in total. The third-order valence-corrected chi connectivity index (χ3v) is 2.22. The number of aliphatic hydroxyl groups is 1. The molecule has 2 unspecified atom stereocenters. The molecule has 0 radical (unpaired) electrons. The molecule has 1 rings (SSSR count). The Labute approximate surface area is 84.6 Å². The first kappa shape index (κ1) is 11.5. The molecule has 0 amide bonds. The van der Waals surface area contributed by atoms with Crippen LogP contribution in [0.25, 0.3) is 0 Å². The molecule has 1 fully saturated rings. The fourth-order valence-electron chi connectivity index (χ4n) is 1.50. The Morgan fingerprint density at radius 1 is 1.57 bits per heavy atom. The first-order chi connectivity index (χ1) is 6.23. The fourth-order valence-corrected chi connectivity index (χ4v) is 1.50. The van der Waals surface area contributed by atoms with Crippen molar-refractivity contribution in [1.82, 2.24) is 5.32 Å². The molecule has 0 spiro atoms. The first-order valence-corrected chi connectivity index (χ1v) is 4.89. The van der Waals surface area contributed by atoms with Crippen molar-refractivity contribution in [2.45, 2.75) is 51.4 Å². The second-order valence-electron chi connectivity index (χ2n) is 5.07. The highest BCUT2D eigenvalue weighted by Crippen LogP contribution is 2.23. The number of carbonyl (C=O) groups excluding carboxylic acids is 1. The molecular weight excluding hydrogens is 182 g/mol. The molecule has 1 aliphatic heterocycles. The lowest BCUT2D eigenvalue weighted by Gasteiger charge is -2.28. The van der Waals surface area contributed by atoms with E-state index in [1.807, 2.05) is 20.8 Å². The second-order valence-corrected chi connectivity index (χ2v) is 5.07.